The van der Waals surface area contributed by atoms with Gasteiger partial charge in [0.1, 0.15) is 0 Å². The van der Waals surface area contributed by atoms with Crippen LogP contribution in [0.3, 0.4) is 0 Å². The predicted octanol–water partition coefficient (Wildman–Crippen LogP) is 3.10. The molecule has 0 radical (unpaired) electrons. The number of nitrogens with two attached hydrogens (primary N) is 1. The zero-order valence-electron chi connectivity index (χ0n) is 9.69. The van der Waals surface area contributed by atoms with Gasteiger partial charge < -0.3 is 11.1 Å². The summed E-state index contributed by atoms with van der Waals surface area (Å²) in [6, 6.07) is 14.3. The van der Waals surface area contributed by atoms with Crippen molar-refractivity contribution in [2.45, 2.75) is 6.42 Å². The van der Waals surface area contributed by atoms with Crippen LogP contribution in [0.1, 0.15) is 5.56 Å². The molecule has 0 spiro atoms. The molecule has 3 N–H and O–H groups in total. The summed E-state index contributed by atoms with van der Waals surface area (Å²) >= 11 is 5.77. The van der Waals surface area contributed by atoms with Gasteiger partial charge in [0.25, 0.3) is 0 Å². The first-order valence-corrected chi connectivity index (χ1v) is 5.91. The Morgan fingerprint density at radius 1 is 1.06 bits per heavy atom. The Kier molecular flexibility index (Phi) is 3.85. The van der Waals surface area contributed by atoms with Crippen LogP contribution in [0.4, 0.5) is 11.4 Å². The summed E-state index contributed by atoms with van der Waals surface area (Å²) in [6.07, 6.45) is 0.322. The van der Waals surface area contributed by atoms with E-state index in [-0.39, 0.29) is 5.91 Å². The van der Waals surface area contributed by atoms with E-state index >= 15 is 0 Å². The quantitative estimate of drug-likeness (QED) is 0.833. The van der Waals surface area contributed by atoms with Crippen LogP contribution in [-0.2, 0) is 11.2 Å². The second-order valence-electron chi connectivity index (χ2n) is 3.97. The lowest BCUT2D eigenvalue weighted by atomic mass is 10.1. The monoisotopic (exact) mass is 260 g/mol. The summed E-state index contributed by atoms with van der Waals surface area (Å²) in [5.74, 6) is -0.0675. The van der Waals surface area contributed by atoms with Crippen LogP contribution < -0.4 is 11.1 Å². The lowest BCUT2D eigenvalue weighted by molar-refractivity contribution is -0.115. The average molecular weight is 261 g/mol. The number of hydrogen-bond acceptors (Lipinski definition) is 2. The summed E-state index contributed by atoms with van der Waals surface area (Å²) in [7, 11) is 0. The molecular formula is C14H13ClN2O. The van der Waals surface area contributed by atoms with Crippen LogP contribution in [0.5, 0.6) is 0 Å². The van der Waals surface area contributed by atoms with Gasteiger partial charge in [-0.1, -0.05) is 23.7 Å². The molecule has 2 aromatic rings. The molecule has 0 aliphatic rings. The van der Waals surface area contributed by atoms with Crippen molar-refractivity contribution < 1.29 is 4.79 Å². The highest BCUT2D eigenvalue weighted by molar-refractivity contribution is 6.30. The third kappa shape index (κ3) is 3.50. The van der Waals surface area contributed by atoms with Gasteiger partial charge in [-0.2, -0.15) is 0 Å². The van der Waals surface area contributed by atoms with Gasteiger partial charge in [0.2, 0.25) is 5.91 Å². The fourth-order valence-electron chi connectivity index (χ4n) is 1.56. The maximum Gasteiger partial charge on any atom is 0.228 e. The Labute approximate surface area is 111 Å². The summed E-state index contributed by atoms with van der Waals surface area (Å²) in [6.45, 7) is 0. The van der Waals surface area contributed by atoms with E-state index in [0.717, 1.165) is 11.3 Å². The first-order valence-electron chi connectivity index (χ1n) is 5.53. The van der Waals surface area contributed by atoms with E-state index in [9.17, 15) is 4.79 Å². The van der Waals surface area contributed by atoms with E-state index in [1.807, 2.05) is 12.1 Å². The second kappa shape index (κ2) is 5.56. The number of nitrogen functional groups attached to an aromatic ring is 1. The van der Waals surface area contributed by atoms with E-state index < -0.39 is 0 Å². The van der Waals surface area contributed by atoms with Crippen molar-refractivity contribution in [3.05, 3.63) is 59.1 Å². The maximum absolute atomic E-state index is 11.8. The molecule has 0 saturated heterocycles. The molecule has 4 heteroatoms. The number of hydrogen-bond donors (Lipinski definition) is 2. The third-order valence-electron chi connectivity index (χ3n) is 2.47. The number of amides is 1. The molecule has 0 aliphatic heterocycles. The largest absolute Gasteiger partial charge is 0.399 e. The normalized spacial score (nSPS) is 10.1. The predicted molar refractivity (Wildman–Crippen MR) is 74.6 cm³/mol. The summed E-state index contributed by atoms with van der Waals surface area (Å²) in [5, 5.41) is 3.45. The van der Waals surface area contributed by atoms with Gasteiger partial charge in [-0.15, -0.1) is 0 Å². The zero-order chi connectivity index (χ0) is 13.0. The minimum absolute atomic E-state index is 0.0675. The standard InChI is InChI=1S/C14H13ClN2O/c15-11-3-7-13(8-4-11)17-14(18)9-10-1-5-12(16)6-2-10/h1-8H,9,16H2,(H,17,18). The zero-order valence-corrected chi connectivity index (χ0v) is 10.4. The molecule has 0 aliphatic carbocycles. The van der Waals surface area contributed by atoms with Crippen molar-refractivity contribution in [3.8, 4) is 0 Å². The highest BCUT2D eigenvalue weighted by atomic mass is 35.5. The maximum atomic E-state index is 11.8. The average Bonchev–Trinajstić information content (AvgIpc) is 2.35. The van der Waals surface area contributed by atoms with Gasteiger partial charge in [-0.25, -0.2) is 0 Å². The van der Waals surface area contributed by atoms with Crippen molar-refractivity contribution in [2.24, 2.45) is 0 Å². The van der Waals surface area contributed by atoms with E-state index in [4.69, 9.17) is 17.3 Å². The molecule has 0 atom stereocenters. The van der Waals surface area contributed by atoms with Gasteiger partial charge in [0.05, 0.1) is 6.42 Å². The fourth-order valence-corrected chi connectivity index (χ4v) is 1.69. The molecular weight excluding hydrogens is 248 g/mol. The number of nitrogens with one attached hydrogen (secondary N) is 1. The van der Waals surface area contributed by atoms with Gasteiger partial charge in [0, 0.05) is 16.4 Å². The minimum atomic E-state index is -0.0675. The van der Waals surface area contributed by atoms with E-state index in [1.165, 1.54) is 0 Å². The van der Waals surface area contributed by atoms with Crippen LogP contribution >= 0.6 is 11.6 Å². The molecule has 2 aromatic carbocycles. The van der Waals surface area contributed by atoms with Crippen LogP contribution in [0.25, 0.3) is 0 Å². The number of rotatable bonds is 3. The van der Waals surface area contributed by atoms with Crippen LogP contribution in [-0.4, -0.2) is 5.91 Å². The first kappa shape index (κ1) is 12.5. The molecule has 18 heavy (non-hydrogen) atoms. The minimum Gasteiger partial charge on any atom is -0.399 e. The summed E-state index contributed by atoms with van der Waals surface area (Å²) < 4.78 is 0. The molecule has 0 heterocycles. The number of anilines is 2. The summed E-state index contributed by atoms with van der Waals surface area (Å²) in [5.41, 5.74) is 7.94. The van der Waals surface area contributed by atoms with Crippen molar-refractivity contribution in [1.29, 1.82) is 0 Å². The highest BCUT2D eigenvalue weighted by Crippen LogP contribution is 2.14. The van der Waals surface area contributed by atoms with Crippen molar-refractivity contribution in [1.82, 2.24) is 0 Å². The van der Waals surface area contributed by atoms with Crippen molar-refractivity contribution >= 4 is 28.9 Å². The van der Waals surface area contributed by atoms with Crippen molar-refractivity contribution in [2.75, 3.05) is 11.1 Å². The Bertz CT molecular complexity index is 485. The van der Waals surface area contributed by atoms with Crippen LogP contribution in [0.2, 0.25) is 5.02 Å². The molecule has 0 saturated carbocycles. The Morgan fingerprint density at radius 3 is 2.28 bits per heavy atom. The number of carbonyl (C=O) groups is 1. The smallest absolute Gasteiger partial charge is 0.228 e. The number of benzene rings is 2. The first-order chi connectivity index (χ1) is 8.63. The molecule has 3 nitrogen and oxygen atoms in total. The fraction of sp³-hybridized carbons (Fsp3) is 0.0714. The second-order valence-corrected chi connectivity index (χ2v) is 4.41. The lowest BCUT2D eigenvalue weighted by Gasteiger charge is -2.05. The van der Waals surface area contributed by atoms with Crippen LogP contribution in [0, 0.1) is 0 Å². The Hall–Kier alpha value is -2.00. The molecule has 0 unspecified atom stereocenters. The third-order valence-corrected chi connectivity index (χ3v) is 2.72. The SMILES string of the molecule is Nc1ccc(CC(=O)Nc2ccc(Cl)cc2)cc1. The molecule has 1 amide bonds. The summed E-state index contributed by atoms with van der Waals surface area (Å²) in [4.78, 5) is 11.8. The van der Waals surface area contributed by atoms with Gasteiger partial charge in [-0.3, -0.25) is 4.79 Å². The van der Waals surface area contributed by atoms with E-state index in [0.29, 0.717) is 17.1 Å². The highest BCUT2D eigenvalue weighted by Gasteiger charge is 2.03. The topological polar surface area (TPSA) is 55.1 Å². The number of carbonyl (C=O) groups excluding carboxylic acids is 1. The molecule has 0 aromatic heterocycles. The number of halogens is 1. The Balaban J connectivity index is 1.96. The molecule has 0 fully saturated rings. The Morgan fingerprint density at radius 2 is 1.67 bits per heavy atom. The molecule has 2 rings (SSSR count). The van der Waals surface area contributed by atoms with E-state index in [1.54, 1.807) is 36.4 Å². The molecule has 92 valence electrons. The lowest BCUT2D eigenvalue weighted by Crippen LogP contribution is -2.14. The van der Waals surface area contributed by atoms with Gasteiger partial charge in [-0.05, 0) is 42.0 Å². The van der Waals surface area contributed by atoms with Gasteiger partial charge >= 0.3 is 0 Å². The van der Waals surface area contributed by atoms with Crippen molar-refractivity contribution in [3.63, 3.8) is 0 Å². The van der Waals surface area contributed by atoms with Crippen LogP contribution in [0.15, 0.2) is 48.5 Å². The van der Waals surface area contributed by atoms with Gasteiger partial charge in [0.15, 0.2) is 0 Å². The molecule has 0 bridgehead atoms. The van der Waals surface area contributed by atoms with E-state index in [2.05, 4.69) is 5.32 Å².